The number of nitrogens with one attached hydrogen (secondary N) is 1. The summed E-state index contributed by atoms with van der Waals surface area (Å²) in [5.74, 6) is 0. The Hall–Kier alpha value is -1.69. The second kappa shape index (κ2) is 5.36. The number of anilines is 3. The van der Waals surface area contributed by atoms with Crippen LogP contribution in [0.2, 0.25) is 0 Å². The van der Waals surface area contributed by atoms with E-state index in [0.717, 1.165) is 16.1 Å². The van der Waals surface area contributed by atoms with Gasteiger partial charge in [0.2, 0.25) is 0 Å². The normalized spacial score (nSPS) is 11.4. The maximum absolute atomic E-state index is 13.0. The zero-order chi connectivity index (χ0) is 14.9. The molecule has 2 aromatic carbocycles. The number of alkyl halides is 3. The molecule has 2 aromatic rings. The minimum atomic E-state index is -4.46. The molecule has 0 unspecified atom stereocenters. The number of rotatable bonds is 2. The molecule has 0 atom stereocenters. The van der Waals surface area contributed by atoms with Crippen molar-refractivity contribution in [1.29, 1.82) is 0 Å². The largest absolute Gasteiger partial charge is 0.418 e. The minimum absolute atomic E-state index is 0.0200. The van der Waals surface area contributed by atoms with Gasteiger partial charge in [-0.2, -0.15) is 13.2 Å². The monoisotopic (exact) mass is 344 g/mol. The van der Waals surface area contributed by atoms with Crippen molar-refractivity contribution in [3.63, 3.8) is 0 Å². The summed E-state index contributed by atoms with van der Waals surface area (Å²) < 4.78 is 39.8. The molecule has 0 aromatic heterocycles. The van der Waals surface area contributed by atoms with Crippen LogP contribution in [0.25, 0.3) is 0 Å². The highest BCUT2D eigenvalue weighted by Gasteiger charge is 2.33. The standard InChI is InChI=1S/C14H12BrF3N2/c1-8-6-10(3-4-12(8)15)20-13-5-2-9(19)7-11(13)14(16,17)18/h2-7,20H,19H2,1H3. The molecule has 0 bridgehead atoms. The van der Waals surface area contributed by atoms with Crippen LogP contribution in [0, 0.1) is 6.92 Å². The van der Waals surface area contributed by atoms with E-state index in [1.54, 1.807) is 18.2 Å². The van der Waals surface area contributed by atoms with Crippen molar-refractivity contribution >= 4 is 33.0 Å². The summed E-state index contributed by atoms with van der Waals surface area (Å²) in [5, 5.41) is 2.78. The summed E-state index contributed by atoms with van der Waals surface area (Å²) in [6.45, 7) is 1.86. The van der Waals surface area contributed by atoms with E-state index in [-0.39, 0.29) is 11.4 Å². The average Bonchev–Trinajstić information content (AvgIpc) is 2.35. The van der Waals surface area contributed by atoms with Gasteiger partial charge >= 0.3 is 6.18 Å². The van der Waals surface area contributed by atoms with Crippen molar-refractivity contribution in [2.75, 3.05) is 11.1 Å². The van der Waals surface area contributed by atoms with Crippen LogP contribution in [0.1, 0.15) is 11.1 Å². The predicted molar refractivity (Wildman–Crippen MR) is 78.0 cm³/mol. The van der Waals surface area contributed by atoms with Crippen LogP contribution in [-0.2, 0) is 6.18 Å². The first-order chi connectivity index (χ1) is 9.27. The topological polar surface area (TPSA) is 38.0 Å². The number of nitrogen functional groups attached to an aromatic ring is 1. The lowest BCUT2D eigenvalue weighted by Gasteiger charge is -2.15. The maximum Gasteiger partial charge on any atom is 0.418 e. The number of halogens is 4. The van der Waals surface area contributed by atoms with Crippen molar-refractivity contribution in [3.8, 4) is 0 Å². The number of benzene rings is 2. The Morgan fingerprint density at radius 2 is 1.80 bits per heavy atom. The fourth-order valence-corrected chi connectivity index (χ4v) is 2.03. The van der Waals surface area contributed by atoms with E-state index in [4.69, 9.17) is 5.73 Å². The molecule has 6 heteroatoms. The number of hydrogen-bond acceptors (Lipinski definition) is 2. The average molecular weight is 345 g/mol. The first-order valence-electron chi connectivity index (χ1n) is 5.77. The summed E-state index contributed by atoms with van der Waals surface area (Å²) in [4.78, 5) is 0. The van der Waals surface area contributed by atoms with E-state index < -0.39 is 11.7 Å². The van der Waals surface area contributed by atoms with Crippen LogP contribution in [0.4, 0.5) is 30.2 Å². The van der Waals surface area contributed by atoms with Gasteiger partial charge < -0.3 is 11.1 Å². The van der Waals surface area contributed by atoms with Gasteiger partial charge in [0.25, 0.3) is 0 Å². The smallest absolute Gasteiger partial charge is 0.399 e. The van der Waals surface area contributed by atoms with E-state index in [1.807, 2.05) is 6.92 Å². The van der Waals surface area contributed by atoms with Gasteiger partial charge in [-0.05, 0) is 48.9 Å². The third-order valence-corrected chi connectivity index (χ3v) is 3.68. The SMILES string of the molecule is Cc1cc(Nc2ccc(N)cc2C(F)(F)F)ccc1Br. The van der Waals surface area contributed by atoms with E-state index >= 15 is 0 Å². The number of hydrogen-bond donors (Lipinski definition) is 2. The van der Waals surface area contributed by atoms with E-state index in [1.165, 1.54) is 12.1 Å². The maximum atomic E-state index is 13.0. The van der Waals surface area contributed by atoms with E-state index in [2.05, 4.69) is 21.2 Å². The Labute approximate surface area is 122 Å². The number of aryl methyl sites for hydroxylation is 1. The molecule has 0 aliphatic rings. The van der Waals surface area contributed by atoms with Gasteiger partial charge in [-0.15, -0.1) is 0 Å². The lowest BCUT2D eigenvalue weighted by molar-refractivity contribution is -0.136. The minimum Gasteiger partial charge on any atom is -0.399 e. The van der Waals surface area contributed by atoms with Gasteiger partial charge in [0.05, 0.1) is 11.3 Å². The van der Waals surface area contributed by atoms with Gasteiger partial charge in [0, 0.05) is 15.8 Å². The molecule has 3 N–H and O–H groups in total. The Bertz CT molecular complexity index is 639. The summed E-state index contributed by atoms with van der Waals surface area (Å²) in [6.07, 6.45) is -4.46. The molecular weight excluding hydrogens is 333 g/mol. The molecule has 0 radical (unpaired) electrons. The second-order valence-electron chi connectivity index (χ2n) is 4.39. The summed E-state index contributed by atoms with van der Waals surface area (Å²) in [7, 11) is 0. The number of nitrogens with two attached hydrogens (primary N) is 1. The van der Waals surface area contributed by atoms with Crippen LogP contribution in [0.3, 0.4) is 0 Å². The zero-order valence-electron chi connectivity index (χ0n) is 10.6. The highest BCUT2D eigenvalue weighted by molar-refractivity contribution is 9.10. The molecule has 106 valence electrons. The first-order valence-corrected chi connectivity index (χ1v) is 6.56. The van der Waals surface area contributed by atoms with Crippen LogP contribution in [0.15, 0.2) is 40.9 Å². The quantitative estimate of drug-likeness (QED) is 0.743. The van der Waals surface area contributed by atoms with Crippen LogP contribution >= 0.6 is 15.9 Å². The van der Waals surface area contributed by atoms with Crippen LogP contribution in [0.5, 0.6) is 0 Å². The Morgan fingerprint density at radius 3 is 2.40 bits per heavy atom. The molecule has 0 spiro atoms. The molecule has 0 fully saturated rings. The Morgan fingerprint density at radius 1 is 1.10 bits per heavy atom. The van der Waals surface area contributed by atoms with Gasteiger partial charge in [-0.3, -0.25) is 0 Å². The lowest BCUT2D eigenvalue weighted by Crippen LogP contribution is -2.09. The summed E-state index contributed by atoms with van der Waals surface area (Å²) in [5.41, 5.74) is 6.22. The third kappa shape index (κ3) is 3.25. The Balaban J connectivity index is 2.40. The van der Waals surface area contributed by atoms with Gasteiger partial charge in [-0.25, -0.2) is 0 Å². The molecule has 2 nitrogen and oxygen atoms in total. The van der Waals surface area contributed by atoms with Crippen molar-refractivity contribution in [1.82, 2.24) is 0 Å². The van der Waals surface area contributed by atoms with Crippen LogP contribution < -0.4 is 11.1 Å². The molecule has 2 rings (SSSR count). The Kier molecular flexibility index (Phi) is 3.94. The molecule has 0 aliphatic heterocycles. The summed E-state index contributed by atoms with van der Waals surface area (Å²) in [6, 6.07) is 8.93. The van der Waals surface area contributed by atoms with Gasteiger partial charge in [0.1, 0.15) is 0 Å². The molecule has 0 saturated carbocycles. The fourth-order valence-electron chi connectivity index (χ4n) is 1.78. The van der Waals surface area contributed by atoms with Crippen molar-refractivity contribution < 1.29 is 13.2 Å². The molecule has 20 heavy (non-hydrogen) atoms. The van der Waals surface area contributed by atoms with Gasteiger partial charge in [0.15, 0.2) is 0 Å². The van der Waals surface area contributed by atoms with Crippen LogP contribution in [-0.4, -0.2) is 0 Å². The van der Waals surface area contributed by atoms with Gasteiger partial charge in [-0.1, -0.05) is 15.9 Å². The molecule has 0 aliphatic carbocycles. The highest BCUT2D eigenvalue weighted by Crippen LogP contribution is 2.37. The molecule has 0 saturated heterocycles. The lowest BCUT2D eigenvalue weighted by atomic mass is 10.1. The van der Waals surface area contributed by atoms with E-state index in [0.29, 0.717) is 5.69 Å². The second-order valence-corrected chi connectivity index (χ2v) is 5.25. The van der Waals surface area contributed by atoms with Crippen molar-refractivity contribution in [2.45, 2.75) is 13.1 Å². The highest BCUT2D eigenvalue weighted by atomic mass is 79.9. The predicted octanol–water partition coefficient (Wildman–Crippen LogP) is 5.10. The third-order valence-electron chi connectivity index (χ3n) is 2.79. The fraction of sp³-hybridized carbons (Fsp3) is 0.143. The summed E-state index contributed by atoms with van der Waals surface area (Å²) >= 11 is 3.35. The zero-order valence-corrected chi connectivity index (χ0v) is 12.1. The molecule has 0 heterocycles. The molecule has 0 amide bonds. The van der Waals surface area contributed by atoms with Crippen molar-refractivity contribution in [2.24, 2.45) is 0 Å². The van der Waals surface area contributed by atoms with Crippen molar-refractivity contribution in [3.05, 3.63) is 52.0 Å². The van der Waals surface area contributed by atoms with E-state index in [9.17, 15) is 13.2 Å². The molecular formula is C14H12BrF3N2. The first kappa shape index (κ1) is 14.7.